The van der Waals surface area contributed by atoms with E-state index in [4.69, 9.17) is 0 Å². The Morgan fingerprint density at radius 2 is 2.13 bits per heavy atom. The SMILES string of the molecule is CC1(C)C(=O)C(C#N)=C[C@@]2(P)C(=O)N(c3cccnn3)CC=C12. The normalized spacial score (nSPS) is 26.1. The van der Waals surface area contributed by atoms with E-state index in [9.17, 15) is 14.9 Å². The molecule has 2 aliphatic rings. The first-order chi connectivity index (χ1) is 10.8. The number of hydrogen-bond donors (Lipinski definition) is 0. The largest absolute Gasteiger partial charge is 0.292 e. The van der Waals surface area contributed by atoms with E-state index in [1.807, 2.05) is 12.1 Å². The van der Waals surface area contributed by atoms with Crippen LogP contribution in [0.15, 0.2) is 41.6 Å². The molecule has 2 atom stereocenters. The van der Waals surface area contributed by atoms with Crippen LogP contribution >= 0.6 is 9.24 Å². The number of carbonyl (C=O) groups excluding carboxylic acids is 2. The summed E-state index contributed by atoms with van der Waals surface area (Å²) in [5.41, 5.74) is -0.188. The molecule has 1 aliphatic heterocycles. The first kappa shape index (κ1) is 15.5. The Bertz CT molecular complexity index is 807. The Balaban J connectivity index is 2.17. The Hall–Kier alpha value is -2.38. The quantitative estimate of drug-likeness (QED) is 0.575. The first-order valence-corrected chi connectivity index (χ1v) is 7.67. The van der Waals surface area contributed by atoms with Crippen molar-refractivity contribution in [2.45, 2.75) is 19.0 Å². The number of carbonyl (C=O) groups is 2. The van der Waals surface area contributed by atoms with Gasteiger partial charge >= 0.3 is 0 Å². The number of amides is 1. The molecule has 0 spiro atoms. The van der Waals surface area contributed by atoms with Crippen molar-refractivity contribution < 1.29 is 9.59 Å². The van der Waals surface area contributed by atoms with Gasteiger partial charge in [-0.25, -0.2) is 0 Å². The molecule has 0 saturated carbocycles. The molecule has 1 amide bonds. The van der Waals surface area contributed by atoms with E-state index >= 15 is 0 Å². The van der Waals surface area contributed by atoms with Gasteiger partial charge in [0, 0.05) is 12.7 Å². The Morgan fingerprint density at radius 3 is 2.74 bits per heavy atom. The molecule has 2 heterocycles. The smallest absolute Gasteiger partial charge is 0.246 e. The Morgan fingerprint density at radius 1 is 1.39 bits per heavy atom. The van der Waals surface area contributed by atoms with Gasteiger partial charge in [-0.2, -0.15) is 10.4 Å². The van der Waals surface area contributed by atoms with Crippen LogP contribution in [-0.2, 0) is 9.59 Å². The van der Waals surface area contributed by atoms with Crippen molar-refractivity contribution in [3.8, 4) is 6.07 Å². The zero-order chi connectivity index (χ0) is 16.8. The molecule has 116 valence electrons. The monoisotopic (exact) mass is 326 g/mol. The van der Waals surface area contributed by atoms with Gasteiger partial charge in [-0.3, -0.25) is 14.5 Å². The molecule has 1 aromatic rings. The summed E-state index contributed by atoms with van der Waals surface area (Å²) >= 11 is 0. The van der Waals surface area contributed by atoms with E-state index in [1.165, 1.54) is 17.2 Å². The van der Waals surface area contributed by atoms with E-state index in [1.54, 1.807) is 26.0 Å². The number of allylic oxidation sites excluding steroid dienone is 1. The van der Waals surface area contributed by atoms with Crippen LogP contribution in [0.4, 0.5) is 5.82 Å². The second kappa shape index (κ2) is 5.07. The predicted molar refractivity (Wildman–Crippen MR) is 87.4 cm³/mol. The van der Waals surface area contributed by atoms with E-state index < -0.39 is 10.6 Å². The number of ketones is 1. The molecule has 3 rings (SSSR count). The van der Waals surface area contributed by atoms with Crippen LogP contribution in [0.1, 0.15) is 13.8 Å². The average molecular weight is 326 g/mol. The van der Waals surface area contributed by atoms with Gasteiger partial charge in [0.05, 0.1) is 11.0 Å². The highest BCUT2D eigenvalue weighted by Crippen LogP contribution is 2.50. The number of fused-ring (bicyclic) bond motifs is 1. The molecular formula is C16H15N4O2P. The van der Waals surface area contributed by atoms with Crippen LogP contribution in [0.2, 0.25) is 0 Å². The van der Waals surface area contributed by atoms with Crippen LogP contribution in [0, 0.1) is 16.7 Å². The molecule has 23 heavy (non-hydrogen) atoms. The molecule has 1 aromatic heterocycles. The van der Waals surface area contributed by atoms with E-state index in [0.717, 1.165) is 0 Å². The lowest BCUT2D eigenvalue weighted by atomic mass is 9.66. The Labute approximate surface area is 136 Å². The van der Waals surface area contributed by atoms with Crippen molar-refractivity contribution in [1.29, 1.82) is 5.26 Å². The third kappa shape index (κ3) is 2.12. The summed E-state index contributed by atoms with van der Waals surface area (Å²) in [5.74, 6) is -0.0601. The average Bonchev–Trinajstić information content (AvgIpc) is 2.54. The van der Waals surface area contributed by atoms with Crippen molar-refractivity contribution >= 4 is 26.7 Å². The van der Waals surface area contributed by atoms with E-state index in [-0.39, 0.29) is 17.3 Å². The van der Waals surface area contributed by atoms with Crippen molar-refractivity contribution in [1.82, 2.24) is 10.2 Å². The van der Waals surface area contributed by atoms with E-state index in [2.05, 4.69) is 19.4 Å². The lowest BCUT2D eigenvalue weighted by Gasteiger charge is -2.45. The fraction of sp³-hybridized carbons (Fsp3) is 0.312. The number of nitriles is 1. The number of hydrogen-bond acceptors (Lipinski definition) is 5. The standard InChI is InChI=1S/C16H15N4O2P/c1-15(2)11-5-7-20(12-4-3-6-18-19-12)14(22)16(11,23)8-10(9-17)13(15)21/h3-6,8H,7,23H2,1-2H3/t16-/m0/s1. The fourth-order valence-electron chi connectivity index (χ4n) is 3.15. The van der Waals surface area contributed by atoms with Crippen LogP contribution in [-0.4, -0.2) is 33.6 Å². The molecule has 0 saturated heterocycles. The second-order valence-electron chi connectivity index (χ2n) is 6.11. The van der Waals surface area contributed by atoms with Crippen LogP contribution < -0.4 is 4.90 Å². The summed E-state index contributed by atoms with van der Waals surface area (Å²) in [7, 11) is 2.51. The summed E-state index contributed by atoms with van der Waals surface area (Å²) in [6.45, 7) is 3.81. The minimum atomic E-state index is -1.11. The van der Waals surface area contributed by atoms with Gasteiger partial charge in [0.15, 0.2) is 11.6 Å². The predicted octanol–water partition coefficient (Wildman–Crippen LogP) is 1.42. The van der Waals surface area contributed by atoms with Gasteiger partial charge in [0.1, 0.15) is 11.2 Å². The van der Waals surface area contributed by atoms with Crippen LogP contribution in [0.3, 0.4) is 0 Å². The minimum Gasteiger partial charge on any atom is -0.292 e. The zero-order valence-corrected chi connectivity index (χ0v) is 13.9. The number of nitrogens with zero attached hydrogens (tertiary/aromatic N) is 4. The summed E-state index contributed by atoms with van der Waals surface area (Å²) in [4.78, 5) is 27.0. The van der Waals surface area contributed by atoms with Gasteiger partial charge in [0.25, 0.3) is 0 Å². The van der Waals surface area contributed by atoms with Gasteiger partial charge in [0.2, 0.25) is 5.91 Å². The van der Waals surface area contributed by atoms with Gasteiger partial charge in [-0.05, 0) is 37.6 Å². The maximum Gasteiger partial charge on any atom is 0.246 e. The van der Waals surface area contributed by atoms with E-state index in [0.29, 0.717) is 17.9 Å². The molecule has 1 unspecified atom stereocenters. The molecule has 1 aliphatic carbocycles. The first-order valence-electron chi connectivity index (χ1n) is 7.10. The highest BCUT2D eigenvalue weighted by atomic mass is 31.0. The van der Waals surface area contributed by atoms with Gasteiger partial charge in [-0.15, -0.1) is 14.3 Å². The summed E-state index contributed by atoms with van der Waals surface area (Å²) in [6.07, 6.45) is 4.85. The molecule has 0 fully saturated rings. The van der Waals surface area contributed by atoms with Gasteiger partial charge < -0.3 is 0 Å². The summed E-state index contributed by atoms with van der Waals surface area (Å²) in [6, 6.07) is 5.32. The van der Waals surface area contributed by atoms with Crippen molar-refractivity contribution in [3.05, 3.63) is 41.6 Å². The maximum atomic E-state index is 13.1. The number of anilines is 1. The number of rotatable bonds is 1. The molecular weight excluding hydrogens is 311 g/mol. The zero-order valence-electron chi connectivity index (χ0n) is 12.8. The van der Waals surface area contributed by atoms with Crippen LogP contribution in [0.5, 0.6) is 0 Å². The number of Topliss-reactive ketones (excluding diaryl/α,β-unsaturated/α-hetero) is 1. The number of aromatic nitrogens is 2. The highest BCUT2D eigenvalue weighted by molar-refractivity contribution is 7.22. The molecule has 6 nitrogen and oxygen atoms in total. The third-order valence-electron chi connectivity index (χ3n) is 4.34. The summed E-state index contributed by atoms with van der Waals surface area (Å²) in [5, 5.41) is 15.9. The fourth-order valence-corrected chi connectivity index (χ4v) is 3.96. The maximum absolute atomic E-state index is 13.1. The molecule has 0 N–H and O–H groups in total. The van der Waals surface area contributed by atoms with Gasteiger partial charge in [-0.1, -0.05) is 6.08 Å². The Kier molecular flexibility index (Phi) is 3.42. The molecule has 0 radical (unpaired) electrons. The second-order valence-corrected chi connectivity index (χ2v) is 7.02. The molecule has 0 bridgehead atoms. The van der Waals surface area contributed by atoms with Crippen molar-refractivity contribution in [2.75, 3.05) is 11.4 Å². The third-order valence-corrected chi connectivity index (χ3v) is 5.06. The lowest BCUT2D eigenvalue weighted by Crippen LogP contribution is -2.55. The van der Waals surface area contributed by atoms with Crippen molar-refractivity contribution in [2.24, 2.45) is 5.41 Å². The van der Waals surface area contributed by atoms with Crippen LogP contribution in [0.25, 0.3) is 0 Å². The topological polar surface area (TPSA) is 87.0 Å². The highest BCUT2D eigenvalue weighted by Gasteiger charge is 2.53. The molecule has 7 heteroatoms. The minimum absolute atomic E-state index is 0.0106. The summed E-state index contributed by atoms with van der Waals surface area (Å²) < 4.78 is 0. The lowest BCUT2D eigenvalue weighted by molar-refractivity contribution is -0.123. The van der Waals surface area contributed by atoms with Crippen molar-refractivity contribution in [3.63, 3.8) is 0 Å². The molecule has 0 aromatic carbocycles.